The summed E-state index contributed by atoms with van der Waals surface area (Å²) in [7, 11) is 0. The first-order valence-electron chi connectivity index (χ1n) is 4.91. The highest BCUT2D eigenvalue weighted by Gasteiger charge is 2.18. The van der Waals surface area contributed by atoms with E-state index in [4.69, 9.17) is 17.3 Å². The van der Waals surface area contributed by atoms with Gasteiger partial charge in [-0.2, -0.15) is 9.97 Å². The molecule has 0 saturated carbocycles. The topological polar surface area (TPSA) is 148 Å². The van der Waals surface area contributed by atoms with Gasteiger partial charge < -0.3 is 10.7 Å². The van der Waals surface area contributed by atoms with Crippen molar-refractivity contribution in [2.45, 2.75) is 0 Å². The first-order valence-corrected chi connectivity index (χ1v) is 5.29. The van der Waals surface area contributed by atoms with Gasteiger partial charge in [-0.1, -0.05) is 11.6 Å². The predicted molar refractivity (Wildman–Crippen MR) is 63.4 cm³/mol. The number of hydrogen-bond acceptors (Lipinski definition) is 8. The Morgan fingerprint density at radius 3 is 3.00 bits per heavy atom. The second-order valence-corrected chi connectivity index (χ2v) is 3.75. The van der Waals surface area contributed by atoms with Gasteiger partial charge >= 0.3 is 0 Å². The molecule has 1 amide bonds. The lowest BCUT2D eigenvalue weighted by Gasteiger charge is -2.01. The number of halogens is 1. The summed E-state index contributed by atoms with van der Waals surface area (Å²) in [6, 6.07) is 0. The van der Waals surface area contributed by atoms with Gasteiger partial charge in [-0.05, 0) is 10.3 Å². The normalized spacial score (nSPS) is 10.8. The molecule has 4 N–H and O–H groups in total. The van der Waals surface area contributed by atoms with Crippen LogP contribution in [0.4, 0.5) is 11.8 Å². The molecule has 3 heterocycles. The Hall–Kier alpha value is -2.75. The van der Waals surface area contributed by atoms with E-state index in [1.807, 2.05) is 0 Å². The van der Waals surface area contributed by atoms with E-state index in [0.717, 1.165) is 0 Å². The minimum atomic E-state index is -0.662. The number of imidazole rings is 1. The number of carbonyl (C=O) groups excluding carboxylic acids is 1. The van der Waals surface area contributed by atoms with Gasteiger partial charge in [-0.25, -0.2) is 9.61 Å². The molecule has 3 aromatic heterocycles. The average molecular weight is 281 g/mol. The molecular formula is C8H5ClN8O2. The minimum absolute atomic E-state index is 0.0306. The molecule has 0 aliphatic heterocycles. The quantitative estimate of drug-likeness (QED) is 0.564. The van der Waals surface area contributed by atoms with Crippen LogP contribution in [0.5, 0.6) is 0 Å². The van der Waals surface area contributed by atoms with Crippen LogP contribution >= 0.6 is 11.6 Å². The monoisotopic (exact) mass is 280 g/mol. The van der Waals surface area contributed by atoms with Crippen LogP contribution in [-0.2, 0) is 0 Å². The molecular weight excluding hydrogens is 276 g/mol. The Balaban J connectivity index is 1.93. The third kappa shape index (κ3) is 1.93. The second kappa shape index (κ2) is 4.17. The molecule has 0 saturated heterocycles. The smallest absolute Gasteiger partial charge is 0.284 e. The number of nitrogens with zero attached hydrogens (tertiary/aromatic N) is 5. The van der Waals surface area contributed by atoms with E-state index in [9.17, 15) is 4.79 Å². The van der Waals surface area contributed by atoms with Gasteiger partial charge in [-0.15, -0.1) is 0 Å². The first kappa shape index (κ1) is 11.3. The second-order valence-electron chi connectivity index (χ2n) is 3.39. The maximum Gasteiger partial charge on any atom is 0.284 e. The molecule has 0 fully saturated rings. The number of aromatic nitrogens is 6. The van der Waals surface area contributed by atoms with Gasteiger partial charge in [0.15, 0.2) is 10.8 Å². The third-order valence-corrected chi connectivity index (χ3v) is 2.47. The van der Waals surface area contributed by atoms with E-state index < -0.39 is 5.91 Å². The summed E-state index contributed by atoms with van der Waals surface area (Å²) in [6.07, 6.45) is 1.41. The summed E-state index contributed by atoms with van der Waals surface area (Å²) in [6.45, 7) is 0. The zero-order valence-electron chi connectivity index (χ0n) is 9.09. The van der Waals surface area contributed by atoms with Gasteiger partial charge in [0.1, 0.15) is 5.52 Å². The van der Waals surface area contributed by atoms with Crippen molar-refractivity contribution < 1.29 is 9.42 Å². The predicted octanol–water partition coefficient (Wildman–Crippen LogP) is 0.224. The first-order chi connectivity index (χ1) is 9.15. The lowest BCUT2D eigenvalue weighted by Crippen LogP contribution is -2.16. The molecule has 0 unspecified atom stereocenters. The number of nitrogens with one attached hydrogen (secondary N) is 2. The number of aromatic amines is 1. The largest absolute Gasteiger partial charge is 0.379 e. The van der Waals surface area contributed by atoms with E-state index in [2.05, 4.69) is 40.2 Å². The van der Waals surface area contributed by atoms with E-state index >= 15 is 0 Å². The number of H-pyrrole nitrogens is 1. The molecule has 11 heteroatoms. The maximum absolute atomic E-state index is 11.8. The van der Waals surface area contributed by atoms with E-state index in [1.54, 1.807) is 0 Å². The number of nitrogens with two attached hydrogens (primary N) is 1. The highest BCUT2D eigenvalue weighted by molar-refractivity contribution is 6.33. The third-order valence-electron chi connectivity index (χ3n) is 2.20. The van der Waals surface area contributed by atoms with Crippen LogP contribution < -0.4 is 11.1 Å². The highest BCUT2D eigenvalue weighted by atomic mass is 35.5. The summed E-state index contributed by atoms with van der Waals surface area (Å²) < 4.78 is 4.32. The van der Waals surface area contributed by atoms with Gasteiger partial charge in [0.2, 0.25) is 17.5 Å². The van der Waals surface area contributed by atoms with Gasteiger partial charge in [-0.3, -0.25) is 10.1 Å². The molecule has 0 radical (unpaired) electrons. The summed E-state index contributed by atoms with van der Waals surface area (Å²) in [4.78, 5) is 26.3. The number of nitrogen functional groups attached to an aromatic ring is 1. The molecule has 0 spiro atoms. The van der Waals surface area contributed by atoms with Crippen molar-refractivity contribution in [1.29, 1.82) is 0 Å². The number of carbonyl (C=O) groups is 1. The van der Waals surface area contributed by atoms with Crippen LogP contribution in [0.15, 0.2) is 11.0 Å². The number of anilines is 2. The lowest BCUT2D eigenvalue weighted by molar-refractivity contribution is 0.101. The van der Waals surface area contributed by atoms with Crippen molar-refractivity contribution in [2.75, 3.05) is 11.1 Å². The van der Waals surface area contributed by atoms with E-state index in [1.165, 1.54) is 6.33 Å². The van der Waals surface area contributed by atoms with Crippen LogP contribution in [-0.4, -0.2) is 36.2 Å². The summed E-state index contributed by atoms with van der Waals surface area (Å²) in [5, 5.41) is 9.13. The lowest BCUT2D eigenvalue weighted by atomic mass is 10.4. The van der Waals surface area contributed by atoms with Crippen molar-refractivity contribution in [2.24, 2.45) is 0 Å². The SMILES string of the molecule is Nc1nonc1C(=O)Nc1nc(Cl)c2[nH]cnc2n1. The zero-order chi connectivity index (χ0) is 13.4. The van der Waals surface area contributed by atoms with Crippen molar-refractivity contribution >= 4 is 40.4 Å². The van der Waals surface area contributed by atoms with Crippen LogP contribution in [0, 0.1) is 0 Å². The molecule has 0 aliphatic rings. The van der Waals surface area contributed by atoms with Gasteiger partial charge in [0.05, 0.1) is 6.33 Å². The van der Waals surface area contributed by atoms with Crippen LogP contribution in [0.3, 0.4) is 0 Å². The number of fused-ring (bicyclic) bond motifs is 1. The summed E-state index contributed by atoms with van der Waals surface area (Å²) in [5.74, 6) is -0.828. The minimum Gasteiger partial charge on any atom is -0.379 e. The molecule has 3 rings (SSSR count). The van der Waals surface area contributed by atoms with Crippen molar-refractivity contribution in [1.82, 2.24) is 30.2 Å². The van der Waals surface area contributed by atoms with Crippen LogP contribution in [0.25, 0.3) is 11.2 Å². The number of rotatable bonds is 2. The van der Waals surface area contributed by atoms with Crippen LogP contribution in [0.1, 0.15) is 10.5 Å². The fourth-order valence-corrected chi connectivity index (χ4v) is 1.59. The Kier molecular flexibility index (Phi) is 2.49. The zero-order valence-corrected chi connectivity index (χ0v) is 9.84. The average Bonchev–Trinajstić information content (AvgIpc) is 2.97. The Morgan fingerprint density at radius 2 is 2.26 bits per heavy atom. The number of amides is 1. The molecule has 96 valence electrons. The molecule has 0 atom stereocenters. The molecule has 0 bridgehead atoms. The molecule has 0 aliphatic carbocycles. The molecule has 3 aromatic rings. The van der Waals surface area contributed by atoms with Gasteiger partial charge in [0.25, 0.3) is 5.91 Å². The number of hydrogen-bond donors (Lipinski definition) is 3. The highest BCUT2D eigenvalue weighted by Crippen LogP contribution is 2.18. The summed E-state index contributed by atoms with van der Waals surface area (Å²) >= 11 is 5.90. The maximum atomic E-state index is 11.8. The Morgan fingerprint density at radius 1 is 1.42 bits per heavy atom. The standard InChI is InChI=1S/C8H5ClN8O2/c9-4-2-6(12-1-11-2)14-8(13-4)15-7(18)3-5(10)17-19-16-3/h1H,(H2,10,17)(H2,11,12,13,14,15,18). The van der Waals surface area contributed by atoms with Crippen molar-refractivity contribution in [3.63, 3.8) is 0 Å². The molecule has 0 aromatic carbocycles. The van der Waals surface area contributed by atoms with Crippen LogP contribution in [0.2, 0.25) is 5.15 Å². The van der Waals surface area contributed by atoms with Gasteiger partial charge in [0, 0.05) is 0 Å². The fraction of sp³-hybridized carbons (Fsp3) is 0. The summed E-state index contributed by atoms with van der Waals surface area (Å²) in [5.41, 5.74) is 6.02. The molecule has 19 heavy (non-hydrogen) atoms. The van der Waals surface area contributed by atoms with E-state index in [0.29, 0.717) is 11.2 Å². The Labute approximate surface area is 109 Å². The van der Waals surface area contributed by atoms with E-state index in [-0.39, 0.29) is 22.6 Å². The molecule has 10 nitrogen and oxygen atoms in total. The van der Waals surface area contributed by atoms with Crippen molar-refractivity contribution in [3.05, 3.63) is 17.2 Å². The van der Waals surface area contributed by atoms with Crippen molar-refractivity contribution in [3.8, 4) is 0 Å². The fourth-order valence-electron chi connectivity index (χ4n) is 1.37. The Bertz CT molecular complexity index is 765.